The van der Waals surface area contributed by atoms with Gasteiger partial charge in [0.1, 0.15) is 0 Å². The van der Waals surface area contributed by atoms with Gasteiger partial charge in [0, 0.05) is 12.1 Å². The van der Waals surface area contributed by atoms with E-state index in [2.05, 4.69) is 36.1 Å². The first-order valence-corrected chi connectivity index (χ1v) is 5.34. The van der Waals surface area contributed by atoms with E-state index in [9.17, 15) is 5.11 Å². The van der Waals surface area contributed by atoms with Crippen LogP contribution >= 0.6 is 0 Å². The fourth-order valence-corrected chi connectivity index (χ4v) is 1.38. The fraction of sp³-hybridized carbons (Fsp3) is 0.538. The van der Waals surface area contributed by atoms with Crippen LogP contribution in [0.3, 0.4) is 0 Å². The number of hydrogen-bond acceptors (Lipinski definition) is 2. The molecule has 0 atom stereocenters. The molecule has 0 heterocycles. The van der Waals surface area contributed by atoms with Crippen LogP contribution in [0.2, 0.25) is 0 Å². The average Bonchev–Trinajstić information content (AvgIpc) is 2.21. The highest BCUT2D eigenvalue weighted by molar-refractivity contribution is 5.25. The minimum absolute atomic E-state index is 0.164. The molecule has 15 heavy (non-hydrogen) atoms. The van der Waals surface area contributed by atoms with Crippen LogP contribution in [0, 0.1) is 6.92 Å². The highest BCUT2D eigenvalue weighted by Crippen LogP contribution is 2.16. The number of hydrogen-bond donors (Lipinski definition) is 1. The summed E-state index contributed by atoms with van der Waals surface area (Å²) in [6.07, 6.45) is 0. The van der Waals surface area contributed by atoms with Crippen LogP contribution in [0.4, 0.5) is 0 Å². The Bertz CT molecular complexity index is 320. The SMILES string of the molecule is Cc1ccccc1CN(C)C(C)(C)CO. The predicted molar refractivity (Wildman–Crippen MR) is 63.8 cm³/mol. The molecule has 0 saturated heterocycles. The molecule has 0 amide bonds. The van der Waals surface area contributed by atoms with Gasteiger partial charge in [0.05, 0.1) is 6.61 Å². The van der Waals surface area contributed by atoms with E-state index in [0.29, 0.717) is 0 Å². The van der Waals surface area contributed by atoms with Gasteiger partial charge in [0.15, 0.2) is 0 Å². The number of nitrogens with zero attached hydrogens (tertiary/aromatic N) is 1. The fourth-order valence-electron chi connectivity index (χ4n) is 1.38. The van der Waals surface area contributed by atoms with E-state index in [4.69, 9.17) is 0 Å². The first kappa shape index (κ1) is 12.2. The Balaban J connectivity index is 2.75. The van der Waals surface area contributed by atoms with Crippen LogP contribution < -0.4 is 0 Å². The van der Waals surface area contributed by atoms with Crippen molar-refractivity contribution in [3.63, 3.8) is 0 Å². The summed E-state index contributed by atoms with van der Waals surface area (Å²) >= 11 is 0. The van der Waals surface area contributed by atoms with Gasteiger partial charge < -0.3 is 5.11 Å². The van der Waals surface area contributed by atoms with Gasteiger partial charge in [-0.2, -0.15) is 0 Å². The Morgan fingerprint density at radius 1 is 1.27 bits per heavy atom. The van der Waals surface area contributed by atoms with Gasteiger partial charge in [-0.1, -0.05) is 24.3 Å². The van der Waals surface area contributed by atoms with Crippen molar-refractivity contribution in [2.75, 3.05) is 13.7 Å². The van der Waals surface area contributed by atoms with Crippen LogP contribution in [0.15, 0.2) is 24.3 Å². The lowest BCUT2D eigenvalue weighted by molar-refractivity contribution is 0.0732. The zero-order chi connectivity index (χ0) is 11.5. The first-order chi connectivity index (χ1) is 6.97. The molecule has 1 rings (SSSR count). The van der Waals surface area contributed by atoms with Crippen molar-refractivity contribution in [3.05, 3.63) is 35.4 Å². The molecule has 2 heteroatoms. The maximum absolute atomic E-state index is 9.27. The predicted octanol–water partition coefficient (Wildman–Crippen LogP) is 2.20. The molecule has 0 radical (unpaired) electrons. The van der Waals surface area contributed by atoms with Crippen LogP contribution in [0.25, 0.3) is 0 Å². The summed E-state index contributed by atoms with van der Waals surface area (Å²) in [7, 11) is 2.04. The molecular formula is C13H21NO. The third-order valence-corrected chi connectivity index (χ3v) is 3.09. The van der Waals surface area contributed by atoms with Crippen molar-refractivity contribution in [2.24, 2.45) is 0 Å². The lowest BCUT2D eigenvalue weighted by Gasteiger charge is -2.34. The van der Waals surface area contributed by atoms with Gasteiger partial charge in [-0.15, -0.1) is 0 Å². The molecule has 84 valence electrons. The third kappa shape index (κ3) is 3.05. The third-order valence-electron chi connectivity index (χ3n) is 3.09. The summed E-state index contributed by atoms with van der Waals surface area (Å²) in [5, 5.41) is 9.27. The molecule has 1 N–H and O–H groups in total. The van der Waals surface area contributed by atoms with E-state index < -0.39 is 0 Å². The second-order valence-corrected chi connectivity index (χ2v) is 4.75. The highest BCUT2D eigenvalue weighted by Gasteiger charge is 2.22. The summed E-state index contributed by atoms with van der Waals surface area (Å²) in [5.41, 5.74) is 2.46. The second-order valence-electron chi connectivity index (χ2n) is 4.75. The minimum Gasteiger partial charge on any atom is -0.394 e. The number of aliphatic hydroxyl groups excluding tert-OH is 1. The molecule has 0 aliphatic carbocycles. The number of aliphatic hydroxyl groups is 1. The second kappa shape index (κ2) is 4.77. The Hall–Kier alpha value is -0.860. The summed E-state index contributed by atoms with van der Waals surface area (Å²) in [4.78, 5) is 2.18. The van der Waals surface area contributed by atoms with E-state index >= 15 is 0 Å². The lowest BCUT2D eigenvalue weighted by Crippen LogP contribution is -2.43. The van der Waals surface area contributed by atoms with Crippen LogP contribution in [-0.4, -0.2) is 29.2 Å². The lowest BCUT2D eigenvalue weighted by atomic mass is 10.0. The number of likely N-dealkylation sites (N-methyl/N-ethyl adjacent to an activating group) is 1. The largest absolute Gasteiger partial charge is 0.394 e. The quantitative estimate of drug-likeness (QED) is 0.818. The molecule has 1 aromatic carbocycles. The number of aryl methyl sites for hydroxylation is 1. The first-order valence-electron chi connectivity index (χ1n) is 5.34. The zero-order valence-corrected chi connectivity index (χ0v) is 10.1. The van der Waals surface area contributed by atoms with E-state index in [1.54, 1.807) is 0 Å². The smallest absolute Gasteiger partial charge is 0.0610 e. The van der Waals surface area contributed by atoms with Gasteiger partial charge >= 0.3 is 0 Å². The Labute approximate surface area is 92.5 Å². The summed E-state index contributed by atoms with van der Waals surface area (Å²) in [6, 6.07) is 8.37. The molecule has 0 aliphatic rings. The molecule has 0 bridgehead atoms. The van der Waals surface area contributed by atoms with Crippen molar-refractivity contribution in [1.82, 2.24) is 4.90 Å². The highest BCUT2D eigenvalue weighted by atomic mass is 16.3. The Morgan fingerprint density at radius 2 is 1.87 bits per heavy atom. The summed E-state index contributed by atoms with van der Waals surface area (Å²) < 4.78 is 0. The summed E-state index contributed by atoms with van der Waals surface area (Å²) in [5.74, 6) is 0. The Kier molecular flexibility index (Phi) is 3.89. The molecule has 2 nitrogen and oxygen atoms in total. The molecule has 0 saturated carbocycles. The van der Waals surface area contributed by atoms with Crippen molar-refractivity contribution in [1.29, 1.82) is 0 Å². The van der Waals surface area contributed by atoms with Crippen LogP contribution in [0.5, 0.6) is 0 Å². The maximum atomic E-state index is 9.27. The summed E-state index contributed by atoms with van der Waals surface area (Å²) in [6.45, 7) is 7.27. The van der Waals surface area contributed by atoms with Gasteiger partial charge in [0.2, 0.25) is 0 Å². The van der Waals surface area contributed by atoms with Crippen LogP contribution in [-0.2, 0) is 6.54 Å². The van der Waals surface area contributed by atoms with Gasteiger partial charge in [0.25, 0.3) is 0 Å². The van der Waals surface area contributed by atoms with Gasteiger partial charge in [-0.3, -0.25) is 4.90 Å². The molecular weight excluding hydrogens is 186 g/mol. The topological polar surface area (TPSA) is 23.5 Å². The maximum Gasteiger partial charge on any atom is 0.0610 e. The van der Waals surface area contributed by atoms with E-state index in [-0.39, 0.29) is 12.1 Å². The Morgan fingerprint density at radius 3 is 2.40 bits per heavy atom. The molecule has 0 aromatic heterocycles. The van der Waals surface area contributed by atoms with Gasteiger partial charge in [-0.05, 0) is 38.9 Å². The van der Waals surface area contributed by atoms with Crippen LogP contribution in [0.1, 0.15) is 25.0 Å². The van der Waals surface area contributed by atoms with E-state index in [0.717, 1.165) is 6.54 Å². The standard InChI is InChI=1S/C13H21NO/c1-11-7-5-6-8-12(11)9-14(4)13(2,3)10-15/h5-8,15H,9-10H2,1-4H3. The van der Waals surface area contributed by atoms with Crippen molar-refractivity contribution >= 4 is 0 Å². The molecule has 1 aromatic rings. The zero-order valence-electron chi connectivity index (χ0n) is 10.1. The number of benzene rings is 1. The minimum atomic E-state index is -0.164. The molecule has 0 aliphatic heterocycles. The van der Waals surface area contributed by atoms with Gasteiger partial charge in [-0.25, -0.2) is 0 Å². The monoisotopic (exact) mass is 207 g/mol. The molecule has 0 spiro atoms. The molecule has 0 unspecified atom stereocenters. The molecule has 0 fully saturated rings. The van der Waals surface area contributed by atoms with E-state index in [1.807, 2.05) is 20.9 Å². The van der Waals surface area contributed by atoms with Crippen molar-refractivity contribution < 1.29 is 5.11 Å². The van der Waals surface area contributed by atoms with Crippen molar-refractivity contribution in [2.45, 2.75) is 32.9 Å². The normalized spacial score (nSPS) is 12.1. The van der Waals surface area contributed by atoms with Crippen molar-refractivity contribution in [3.8, 4) is 0 Å². The number of rotatable bonds is 4. The average molecular weight is 207 g/mol. The van der Waals surface area contributed by atoms with E-state index in [1.165, 1.54) is 11.1 Å².